The average molecular weight is 314 g/mol. The molecule has 1 aromatic carbocycles. The Morgan fingerprint density at radius 2 is 1.83 bits per heavy atom. The van der Waals surface area contributed by atoms with E-state index in [1.165, 1.54) is 6.42 Å². The van der Waals surface area contributed by atoms with Gasteiger partial charge in [-0.3, -0.25) is 4.79 Å². The van der Waals surface area contributed by atoms with E-state index in [-0.39, 0.29) is 11.4 Å². The SMILES string of the molecule is O=C(CNC12CC3CC(CC(O)(C3)C1)C2)NCc1ccccc1. The highest BCUT2D eigenvalue weighted by Gasteiger charge is 2.56. The van der Waals surface area contributed by atoms with Crippen LogP contribution in [-0.2, 0) is 11.3 Å². The Morgan fingerprint density at radius 1 is 1.13 bits per heavy atom. The molecular weight excluding hydrogens is 288 g/mol. The molecule has 23 heavy (non-hydrogen) atoms. The van der Waals surface area contributed by atoms with Crippen molar-refractivity contribution in [2.45, 2.75) is 56.2 Å². The molecule has 4 aliphatic rings. The normalized spacial score (nSPS) is 37.8. The van der Waals surface area contributed by atoms with Gasteiger partial charge in [-0.05, 0) is 55.9 Å². The first-order valence-corrected chi connectivity index (χ1v) is 8.82. The van der Waals surface area contributed by atoms with Crippen LogP contribution in [0.1, 0.15) is 44.1 Å². The number of rotatable bonds is 5. The fourth-order valence-electron chi connectivity index (χ4n) is 5.55. The second kappa shape index (κ2) is 5.60. The molecule has 1 amide bonds. The minimum absolute atomic E-state index is 0.0110. The van der Waals surface area contributed by atoms with E-state index in [1.807, 2.05) is 30.3 Å². The van der Waals surface area contributed by atoms with Gasteiger partial charge in [0.1, 0.15) is 0 Å². The molecule has 0 aliphatic heterocycles. The van der Waals surface area contributed by atoms with Gasteiger partial charge >= 0.3 is 0 Å². The van der Waals surface area contributed by atoms with Crippen molar-refractivity contribution in [2.24, 2.45) is 11.8 Å². The second-order valence-electron chi connectivity index (χ2n) is 8.08. The Morgan fingerprint density at radius 3 is 2.48 bits per heavy atom. The lowest BCUT2D eigenvalue weighted by molar-refractivity contribution is -0.144. The highest BCUT2D eigenvalue weighted by atomic mass is 16.3. The van der Waals surface area contributed by atoms with Crippen molar-refractivity contribution in [3.63, 3.8) is 0 Å². The van der Waals surface area contributed by atoms with Crippen LogP contribution in [0.25, 0.3) is 0 Å². The van der Waals surface area contributed by atoms with Crippen molar-refractivity contribution in [2.75, 3.05) is 6.54 Å². The van der Waals surface area contributed by atoms with E-state index >= 15 is 0 Å². The molecule has 5 rings (SSSR count). The van der Waals surface area contributed by atoms with Gasteiger partial charge in [0.05, 0.1) is 12.1 Å². The molecule has 4 nitrogen and oxygen atoms in total. The van der Waals surface area contributed by atoms with Crippen LogP contribution in [0.15, 0.2) is 30.3 Å². The molecule has 4 aliphatic carbocycles. The van der Waals surface area contributed by atoms with Gasteiger partial charge in [0.25, 0.3) is 0 Å². The monoisotopic (exact) mass is 314 g/mol. The first-order chi connectivity index (χ1) is 11.0. The minimum atomic E-state index is -0.475. The van der Waals surface area contributed by atoms with Crippen LogP contribution < -0.4 is 10.6 Å². The molecule has 0 saturated heterocycles. The van der Waals surface area contributed by atoms with E-state index in [1.54, 1.807) is 0 Å². The van der Waals surface area contributed by atoms with Crippen LogP contribution in [0.5, 0.6) is 0 Å². The van der Waals surface area contributed by atoms with Crippen LogP contribution in [0.2, 0.25) is 0 Å². The summed E-state index contributed by atoms with van der Waals surface area (Å²) >= 11 is 0. The van der Waals surface area contributed by atoms with E-state index < -0.39 is 5.60 Å². The number of amides is 1. The van der Waals surface area contributed by atoms with Gasteiger partial charge in [-0.25, -0.2) is 0 Å². The Balaban J connectivity index is 1.31. The highest BCUT2D eigenvalue weighted by molar-refractivity contribution is 5.78. The summed E-state index contributed by atoms with van der Waals surface area (Å²) in [6.07, 6.45) is 6.26. The van der Waals surface area contributed by atoms with Crippen molar-refractivity contribution in [3.8, 4) is 0 Å². The van der Waals surface area contributed by atoms with Crippen LogP contribution in [0, 0.1) is 11.8 Å². The van der Waals surface area contributed by atoms with Gasteiger partial charge in [-0.1, -0.05) is 30.3 Å². The van der Waals surface area contributed by atoms with Crippen LogP contribution in [0.4, 0.5) is 0 Å². The summed E-state index contributed by atoms with van der Waals surface area (Å²) in [5.41, 5.74) is 0.630. The smallest absolute Gasteiger partial charge is 0.234 e. The van der Waals surface area contributed by atoms with Crippen molar-refractivity contribution in [1.29, 1.82) is 0 Å². The molecule has 0 aromatic heterocycles. The molecule has 3 N–H and O–H groups in total. The summed E-state index contributed by atoms with van der Waals surface area (Å²) in [4.78, 5) is 12.2. The lowest BCUT2D eigenvalue weighted by Crippen LogP contribution is -2.65. The summed E-state index contributed by atoms with van der Waals surface area (Å²) in [5, 5.41) is 17.2. The van der Waals surface area contributed by atoms with Crippen molar-refractivity contribution >= 4 is 5.91 Å². The fraction of sp³-hybridized carbons (Fsp3) is 0.632. The summed E-state index contributed by atoms with van der Waals surface area (Å²) in [6.45, 7) is 0.923. The van der Waals surface area contributed by atoms with Gasteiger partial charge in [0, 0.05) is 12.1 Å². The predicted octanol–water partition coefficient (Wildman–Crippen LogP) is 1.98. The van der Waals surface area contributed by atoms with E-state index in [2.05, 4.69) is 10.6 Å². The Kier molecular flexibility index (Phi) is 3.69. The molecule has 0 radical (unpaired) electrons. The van der Waals surface area contributed by atoms with Crippen LogP contribution in [0.3, 0.4) is 0 Å². The van der Waals surface area contributed by atoms with Crippen molar-refractivity contribution < 1.29 is 9.90 Å². The predicted molar refractivity (Wildman–Crippen MR) is 88.7 cm³/mol. The number of benzene rings is 1. The van der Waals surface area contributed by atoms with Crippen LogP contribution in [-0.4, -0.2) is 28.7 Å². The average Bonchev–Trinajstić information content (AvgIpc) is 2.50. The molecule has 4 heteroatoms. The number of carbonyl (C=O) groups excluding carboxylic acids is 1. The fourth-order valence-corrected chi connectivity index (χ4v) is 5.55. The number of aliphatic hydroxyl groups is 1. The van der Waals surface area contributed by atoms with Gasteiger partial charge in [-0.2, -0.15) is 0 Å². The molecule has 1 aromatic rings. The number of carbonyl (C=O) groups is 1. The first kappa shape index (κ1) is 15.2. The molecule has 2 unspecified atom stereocenters. The van der Waals surface area contributed by atoms with Gasteiger partial charge in [-0.15, -0.1) is 0 Å². The summed E-state index contributed by atoms with van der Waals surface area (Å²) in [6, 6.07) is 9.97. The molecule has 124 valence electrons. The van der Waals surface area contributed by atoms with Gasteiger partial charge in [0.2, 0.25) is 5.91 Å². The quantitative estimate of drug-likeness (QED) is 0.779. The van der Waals surface area contributed by atoms with Crippen molar-refractivity contribution in [1.82, 2.24) is 10.6 Å². The molecule has 2 atom stereocenters. The van der Waals surface area contributed by atoms with E-state index in [9.17, 15) is 9.90 Å². The Labute approximate surface area is 137 Å². The largest absolute Gasteiger partial charge is 0.390 e. The molecule has 4 fully saturated rings. The van der Waals surface area contributed by atoms with E-state index in [0.717, 1.165) is 37.7 Å². The Hall–Kier alpha value is -1.39. The third-order valence-electron chi connectivity index (χ3n) is 5.99. The lowest BCUT2D eigenvalue weighted by atomic mass is 9.51. The number of nitrogens with one attached hydrogen (secondary N) is 2. The van der Waals surface area contributed by atoms with Gasteiger partial charge < -0.3 is 15.7 Å². The summed E-state index contributed by atoms with van der Waals surface area (Å²) in [7, 11) is 0. The summed E-state index contributed by atoms with van der Waals surface area (Å²) in [5.74, 6) is 1.32. The third kappa shape index (κ3) is 3.15. The molecule has 0 heterocycles. The summed E-state index contributed by atoms with van der Waals surface area (Å²) < 4.78 is 0. The number of hydrogen-bond acceptors (Lipinski definition) is 3. The lowest BCUT2D eigenvalue weighted by Gasteiger charge is -2.60. The molecular formula is C19H26N2O2. The van der Waals surface area contributed by atoms with Crippen molar-refractivity contribution in [3.05, 3.63) is 35.9 Å². The maximum atomic E-state index is 12.2. The van der Waals surface area contributed by atoms with Gasteiger partial charge in [0.15, 0.2) is 0 Å². The molecule has 4 saturated carbocycles. The minimum Gasteiger partial charge on any atom is -0.390 e. The Bertz CT molecular complexity index is 572. The zero-order valence-corrected chi connectivity index (χ0v) is 13.6. The first-order valence-electron chi connectivity index (χ1n) is 8.82. The maximum absolute atomic E-state index is 12.2. The highest BCUT2D eigenvalue weighted by Crippen LogP contribution is 2.57. The number of hydrogen-bond donors (Lipinski definition) is 3. The molecule has 4 bridgehead atoms. The van der Waals surface area contributed by atoms with E-state index in [0.29, 0.717) is 24.9 Å². The topological polar surface area (TPSA) is 61.4 Å². The van der Waals surface area contributed by atoms with E-state index in [4.69, 9.17) is 0 Å². The van der Waals surface area contributed by atoms with Crippen LogP contribution >= 0.6 is 0 Å². The third-order valence-corrected chi connectivity index (χ3v) is 5.99. The molecule has 0 spiro atoms. The zero-order valence-electron chi connectivity index (χ0n) is 13.6. The zero-order chi connectivity index (χ0) is 15.9. The second-order valence-corrected chi connectivity index (χ2v) is 8.08. The maximum Gasteiger partial charge on any atom is 0.234 e. The standard InChI is InChI=1S/C19H26N2O2/c22-17(20-11-14-4-2-1-3-5-14)12-21-18-7-15-6-16(8-18)10-19(23,9-15)13-18/h1-5,15-16,21,23H,6-13H2,(H,20,22).